The number of nitrogens with one attached hydrogen (secondary N) is 1. The number of primary sulfonamides is 1. The lowest BCUT2D eigenvalue weighted by atomic mass is 10.2. The molecule has 0 saturated carbocycles. The van der Waals surface area contributed by atoms with E-state index < -0.39 is 10.0 Å². The minimum absolute atomic E-state index is 0.0271. The summed E-state index contributed by atoms with van der Waals surface area (Å²) in [7, 11) is -3.70. The van der Waals surface area contributed by atoms with Gasteiger partial charge in [0, 0.05) is 6.54 Å². The van der Waals surface area contributed by atoms with Crippen molar-refractivity contribution in [3.05, 3.63) is 41.9 Å². The Morgan fingerprint density at radius 1 is 1.25 bits per heavy atom. The molecule has 3 N–H and O–H groups in total. The molecule has 2 rings (SSSR count). The van der Waals surface area contributed by atoms with Crippen LogP contribution in [0.5, 0.6) is 0 Å². The highest BCUT2D eigenvalue weighted by Gasteiger charge is 2.14. The van der Waals surface area contributed by atoms with E-state index in [4.69, 9.17) is 14.6 Å². The molecule has 8 heteroatoms. The Labute approximate surface area is 116 Å². The van der Waals surface area contributed by atoms with Crippen LogP contribution in [0.3, 0.4) is 0 Å². The molecule has 0 bridgehead atoms. The summed E-state index contributed by atoms with van der Waals surface area (Å²) in [6.07, 6.45) is 1.27. The molecular formula is C12H14N2O5S. The average Bonchev–Trinajstić information content (AvgIpc) is 2.45. The van der Waals surface area contributed by atoms with Gasteiger partial charge in [-0.1, -0.05) is 12.1 Å². The van der Waals surface area contributed by atoms with Crippen LogP contribution in [-0.2, 0) is 30.8 Å². The summed E-state index contributed by atoms with van der Waals surface area (Å²) in [6, 6.07) is 5.92. The molecule has 0 aromatic heterocycles. The molecule has 0 aliphatic carbocycles. The topological polar surface area (TPSA) is 108 Å². The zero-order chi connectivity index (χ0) is 14.6. The zero-order valence-corrected chi connectivity index (χ0v) is 11.4. The number of nitrogens with two attached hydrogens (primary N) is 1. The predicted molar refractivity (Wildman–Crippen MR) is 69.6 cm³/mol. The minimum Gasteiger partial charge on any atom is -0.494 e. The Kier molecular flexibility index (Phi) is 4.26. The van der Waals surface area contributed by atoms with Gasteiger partial charge < -0.3 is 14.8 Å². The van der Waals surface area contributed by atoms with Crippen molar-refractivity contribution in [2.75, 3.05) is 13.2 Å². The number of carbonyl (C=O) groups is 1. The van der Waals surface area contributed by atoms with Crippen LogP contribution in [0.15, 0.2) is 41.2 Å². The highest BCUT2D eigenvalue weighted by molar-refractivity contribution is 7.89. The lowest BCUT2D eigenvalue weighted by Crippen LogP contribution is -2.28. The highest BCUT2D eigenvalue weighted by Crippen LogP contribution is 2.09. The quantitative estimate of drug-likeness (QED) is 0.803. The van der Waals surface area contributed by atoms with E-state index in [2.05, 4.69) is 5.32 Å². The van der Waals surface area contributed by atoms with Gasteiger partial charge in [-0.25, -0.2) is 13.6 Å². The molecule has 1 aliphatic rings. The molecule has 1 aromatic carbocycles. The average molecular weight is 298 g/mol. The number of benzene rings is 1. The van der Waals surface area contributed by atoms with Gasteiger partial charge in [-0.3, -0.25) is 4.79 Å². The SMILES string of the molecule is NS(=O)(=O)c1ccc(CNC(=O)C2=COCCO2)cc1. The van der Waals surface area contributed by atoms with Crippen molar-refractivity contribution in [1.29, 1.82) is 0 Å². The van der Waals surface area contributed by atoms with Crippen LogP contribution in [0.25, 0.3) is 0 Å². The van der Waals surface area contributed by atoms with E-state index in [0.717, 1.165) is 5.56 Å². The summed E-state index contributed by atoms with van der Waals surface area (Å²) in [5.74, 6) is -0.266. The maximum atomic E-state index is 11.7. The van der Waals surface area contributed by atoms with Crippen LogP contribution in [0.1, 0.15) is 5.56 Å². The van der Waals surface area contributed by atoms with Crippen molar-refractivity contribution in [2.45, 2.75) is 11.4 Å². The molecule has 1 heterocycles. The Morgan fingerprint density at radius 2 is 1.95 bits per heavy atom. The standard InChI is InChI=1S/C12H14N2O5S/c13-20(16,17)10-3-1-9(2-4-10)7-14-12(15)11-8-18-5-6-19-11/h1-4,8H,5-7H2,(H,14,15)(H2,13,16,17). The van der Waals surface area contributed by atoms with Crippen LogP contribution in [0.4, 0.5) is 0 Å². The molecule has 7 nitrogen and oxygen atoms in total. The van der Waals surface area contributed by atoms with Crippen LogP contribution in [0, 0.1) is 0 Å². The van der Waals surface area contributed by atoms with E-state index in [1.807, 2.05) is 0 Å². The molecule has 0 saturated heterocycles. The maximum Gasteiger partial charge on any atom is 0.289 e. The number of amides is 1. The number of carbonyl (C=O) groups excluding carboxylic acids is 1. The number of hydrogen-bond donors (Lipinski definition) is 2. The number of rotatable bonds is 4. The van der Waals surface area contributed by atoms with Crippen molar-refractivity contribution in [2.24, 2.45) is 5.14 Å². The predicted octanol–water partition coefficient (Wildman–Crippen LogP) is -0.162. The van der Waals surface area contributed by atoms with Gasteiger partial charge in [0.15, 0.2) is 0 Å². The first kappa shape index (κ1) is 14.4. The largest absolute Gasteiger partial charge is 0.494 e. The summed E-state index contributed by atoms with van der Waals surface area (Å²) in [4.78, 5) is 11.7. The van der Waals surface area contributed by atoms with Gasteiger partial charge in [0.25, 0.3) is 5.91 Å². The monoisotopic (exact) mass is 298 g/mol. The van der Waals surface area contributed by atoms with E-state index in [0.29, 0.717) is 13.2 Å². The van der Waals surface area contributed by atoms with Crippen LogP contribution < -0.4 is 10.5 Å². The third-order valence-corrected chi connectivity index (χ3v) is 3.51. The second kappa shape index (κ2) is 5.93. The van der Waals surface area contributed by atoms with Gasteiger partial charge >= 0.3 is 0 Å². The summed E-state index contributed by atoms with van der Waals surface area (Å²) in [5, 5.41) is 7.63. The van der Waals surface area contributed by atoms with E-state index in [1.165, 1.54) is 18.4 Å². The van der Waals surface area contributed by atoms with Gasteiger partial charge in [-0.15, -0.1) is 0 Å². The van der Waals surface area contributed by atoms with E-state index in [-0.39, 0.29) is 23.1 Å². The molecule has 108 valence electrons. The van der Waals surface area contributed by atoms with Gasteiger partial charge in [-0.05, 0) is 17.7 Å². The van der Waals surface area contributed by atoms with Gasteiger partial charge in [0.1, 0.15) is 19.5 Å². The smallest absolute Gasteiger partial charge is 0.289 e. The van der Waals surface area contributed by atoms with Gasteiger partial charge in [-0.2, -0.15) is 0 Å². The summed E-state index contributed by atoms with van der Waals surface area (Å²) >= 11 is 0. The van der Waals surface area contributed by atoms with Crippen molar-refractivity contribution in [1.82, 2.24) is 5.32 Å². The maximum absolute atomic E-state index is 11.7. The molecule has 1 aliphatic heterocycles. The molecule has 1 aromatic rings. The molecule has 0 unspecified atom stereocenters. The second-order valence-electron chi connectivity index (χ2n) is 4.07. The number of sulfonamides is 1. The van der Waals surface area contributed by atoms with E-state index in [9.17, 15) is 13.2 Å². The number of ether oxygens (including phenoxy) is 2. The summed E-state index contributed by atoms with van der Waals surface area (Å²) < 4.78 is 32.3. The number of hydrogen-bond acceptors (Lipinski definition) is 5. The molecule has 20 heavy (non-hydrogen) atoms. The molecule has 0 fully saturated rings. The summed E-state index contributed by atoms with van der Waals surface area (Å²) in [6.45, 7) is 0.999. The minimum atomic E-state index is -3.70. The first-order valence-corrected chi connectivity index (χ1v) is 7.36. The van der Waals surface area contributed by atoms with E-state index >= 15 is 0 Å². The fourth-order valence-electron chi connectivity index (χ4n) is 1.55. The lowest BCUT2D eigenvalue weighted by Gasteiger charge is -2.15. The highest BCUT2D eigenvalue weighted by atomic mass is 32.2. The third-order valence-electron chi connectivity index (χ3n) is 2.58. The van der Waals surface area contributed by atoms with Crippen molar-refractivity contribution < 1.29 is 22.7 Å². The molecular weight excluding hydrogens is 284 g/mol. The Morgan fingerprint density at radius 3 is 2.50 bits per heavy atom. The Bertz CT molecular complexity index is 622. The molecule has 0 spiro atoms. The Hall–Kier alpha value is -2.06. The first-order valence-electron chi connectivity index (χ1n) is 5.81. The van der Waals surface area contributed by atoms with Crippen LogP contribution >= 0.6 is 0 Å². The Balaban J connectivity index is 1.94. The fraction of sp³-hybridized carbons (Fsp3) is 0.250. The van der Waals surface area contributed by atoms with Crippen LogP contribution in [-0.4, -0.2) is 27.5 Å². The first-order chi connectivity index (χ1) is 9.47. The van der Waals surface area contributed by atoms with Gasteiger partial charge in [0.05, 0.1) is 4.90 Å². The zero-order valence-electron chi connectivity index (χ0n) is 10.5. The fourth-order valence-corrected chi connectivity index (χ4v) is 2.07. The van der Waals surface area contributed by atoms with Crippen molar-refractivity contribution in [3.63, 3.8) is 0 Å². The van der Waals surface area contributed by atoms with Gasteiger partial charge in [0.2, 0.25) is 15.8 Å². The molecule has 1 amide bonds. The van der Waals surface area contributed by atoms with Crippen molar-refractivity contribution in [3.8, 4) is 0 Å². The van der Waals surface area contributed by atoms with Crippen LogP contribution in [0.2, 0.25) is 0 Å². The lowest BCUT2D eigenvalue weighted by molar-refractivity contribution is -0.122. The second-order valence-corrected chi connectivity index (χ2v) is 5.63. The normalized spacial score (nSPS) is 14.8. The third kappa shape index (κ3) is 3.72. The van der Waals surface area contributed by atoms with Crippen molar-refractivity contribution >= 4 is 15.9 Å². The van der Waals surface area contributed by atoms with E-state index in [1.54, 1.807) is 12.1 Å². The molecule has 0 atom stereocenters. The molecule has 0 radical (unpaired) electrons. The summed E-state index contributed by atoms with van der Waals surface area (Å²) in [5.41, 5.74) is 0.739.